The molecule has 0 atom stereocenters. The molecule has 0 aliphatic rings. The van der Waals surface area contributed by atoms with Crippen LogP contribution in [0.1, 0.15) is 20.8 Å². The fourth-order valence-corrected chi connectivity index (χ4v) is 3.99. The number of hydrogen-bond donors (Lipinski definition) is 2. The van der Waals surface area contributed by atoms with Crippen LogP contribution in [-0.4, -0.2) is 33.4 Å². The lowest BCUT2D eigenvalue weighted by molar-refractivity contribution is 0.0636. The van der Waals surface area contributed by atoms with Gasteiger partial charge in [0.2, 0.25) is 5.95 Å². The van der Waals surface area contributed by atoms with Gasteiger partial charge in [0, 0.05) is 16.9 Å². The lowest BCUT2D eigenvalue weighted by Gasteiger charge is -2.19. The van der Waals surface area contributed by atoms with Crippen molar-refractivity contribution >= 4 is 28.9 Å². The Labute approximate surface area is 221 Å². The van der Waals surface area contributed by atoms with Gasteiger partial charge in [-0.2, -0.15) is 5.10 Å². The van der Waals surface area contributed by atoms with Crippen molar-refractivity contribution in [2.45, 2.75) is 26.4 Å². The summed E-state index contributed by atoms with van der Waals surface area (Å²) >= 11 is 0. The third-order valence-electron chi connectivity index (χ3n) is 5.75. The number of ether oxygens (including phenoxy) is 2. The topological polar surface area (TPSA) is 89.8 Å². The molecule has 0 aliphatic carbocycles. The zero-order valence-electron chi connectivity index (χ0n) is 21.7. The molecule has 0 saturated carbocycles. The van der Waals surface area contributed by atoms with Crippen molar-refractivity contribution in [3.8, 4) is 28.1 Å². The Kier molecular flexibility index (Phi) is 6.70. The third-order valence-corrected chi connectivity index (χ3v) is 5.75. The number of anilines is 3. The van der Waals surface area contributed by atoms with Gasteiger partial charge < -0.3 is 14.8 Å². The van der Waals surface area contributed by atoms with Gasteiger partial charge >= 0.3 is 6.09 Å². The molecule has 5 rings (SSSR count). The maximum Gasteiger partial charge on any atom is 0.412 e. The number of hydrogen-bond acceptors (Lipinski definition) is 6. The summed E-state index contributed by atoms with van der Waals surface area (Å²) in [6, 6.07) is 27.5. The molecule has 8 nitrogen and oxygen atoms in total. The second-order valence-corrected chi connectivity index (χ2v) is 9.77. The predicted octanol–water partition coefficient (Wildman–Crippen LogP) is 7.16. The maximum absolute atomic E-state index is 12.0. The van der Waals surface area contributed by atoms with Gasteiger partial charge in [0.25, 0.3) is 0 Å². The third kappa shape index (κ3) is 5.75. The van der Waals surface area contributed by atoms with E-state index in [0.29, 0.717) is 11.6 Å². The summed E-state index contributed by atoms with van der Waals surface area (Å²) < 4.78 is 12.4. The van der Waals surface area contributed by atoms with E-state index in [1.54, 1.807) is 30.0 Å². The highest BCUT2D eigenvalue weighted by atomic mass is 16.6. The highest BCUT2D eigenvalue weighted by Gasteiger charge is 2.16. The van der Waals surface area contributed by atoms with E-state index < -0.39 is 11.7 Å². The van der Waals surface area contributed by atoms with E-state index >= 15 is 0 Å². The van der Waals surface area contributed by atoms with Crippen LogP contribution in [0.5, 0.6) is 5.75 Å². The van der Waals surface area contributed by atoms with E-state index in [4.69, 9.17) is 14.5 Å². The molecule has 3 aromatic carbocycles. The van der Waals surface area contributed by atoms with Crippen LogP contribution in [-0.2, 0) is 4.74 Å². The molecule has 192 valence electrons. The van der Waals surface area contributed by atoms with Gasteiger partial charge in [0.05, 0.1) is 24.5 Å². The van der Waals surface area contributed by atoms with E-state index in [0.717, 1.165) is 39.3 Å². The number of methoxy groups -OCH3 is 1. The van der Waals surface area contributed by atoms with Gasteiger partial charge in [-0.3, -0.25) is 5.32 Å². The summed E-state index contributed by atoms with van der Waals surface area (Å²) in [6.07, 6.45) is 1.24. The van der Waals surface area contributed by atoms with Crippen molar-refractivity contribution in [3.63, 3.8) is 0 Å². The molecule has 5 aromatic rings. The zero-order chi connectivity index (χ0) is 26.7. The van der Waals surface area contributed by atoms with E-state index in [1.165, 1.54) is 0 Å². The molecule has 0 fully saturated rings. The molecular weight excluding hydrogens is 478 g/mol. The number of fused-ring (bicyclic) bond motifs is 1. The smallest absolute Gasteiger partial charge is 0.412 e. The zero-order valence-corrected chi connectivity index (χ0v) is 21.7. The molecular formula is C30H29N5O3. The van der Waals surface area contributed by atoms with Crippen LogP contribution in [0.4, 0.5) is 22.1 Å². The van der Waals surface area contributed by atoms with Crippen LogP contribution in [0, 0.1) is 0 Å². The van der Waals surface area contributed by atoms with Crippen LogP contribution >= 0.6 is 0 Å². The highest BCUT2D eigenvalue weighted by molar-refractivity contribution is 5.85. The SMILES string of the molecule is COc1cccc(-c2ccc(-c3cc4ccnn4c(Nc4ccc(NC(=O)OC(C)(C)C)cc4)n3)cc2)c1. The van der Waals surface area contributed by atoms with Crippen LogP contribution < -0.4 is 15.4 Å². The lowest BCUT2D eigenvalue weighted by atomic mass is 10.0. The fraction of sp³-hybridized carbons (Fsp3) is 0.167. The number of nitrogens with one attached hydrogen (secondary N) is 2. The second-order valence-electron chi connectivity index (χ2n) is 9.77. The number of aromatic nitrogens is 3. The Morgan fingerprint density at radius 3 is 2.26 bits per heavy atom. The maximum atomic E-state index is 12.0. The molecule has 2 N–H and O–H groups in total. The molecule has 0 radical (unpaired) electrons. The first kappa shape index (κ1) is 24.8. The number of benzene rings is 3. The molecule has 0 bridgehead atoms. The van der Waals surface area contributed by atoms with E-state index in [2.05, 4.69) is 46.1 Å². The molecule has 0 aliphatic heterocycles. The molecule has 0 spiro atoms. The van der Waals surface area contributed by atoms with Crippen molar-refractivity contribution in [3.05, 3.63) is 91.1 Å². The number of carbonyl (C=O) groups is 1. The number of amides is 1. The average molecular weight is 508 g/mol. The van der Waals surface area contributed by atoms with Gasteiger partial charge in [-0.05, 0) is 80.4 Å². The van der Waals surface area contributed by atoms with Gasteiger partial charge in [-0.15, -0.1) is 0 Å². The Bertz CT molecular complexity index is 1570. The minimum Gasteiger partial charge on any atom is -0.497 e. The Hall–Kier alpha value is -4.85. The Morgan fingerprint density at radius 2 is 1.55 bits per heavy atom. The van der Waals surface area contributed by atoms with E-state index in [-0.39, 0.29) is 0 Å². The van der Waals surface area contributed by atoms with Crippen LogP contribution in [0.15, 0.2) is 91.1 Å². The number of carbonyl (C=O) groups excluding carboxylic acids is 1. The number of rotatable bonds is 6. The second kappa shape index (κ2) is 10.3. The molecule has 0 saturated heterocycles. The van der Waals surface area contributed by atoms with Crippen molar-refractivity contribution in [1.29, 1.82) is 0 Å². The number of nitrogens with zero attached hydrogens (tertiary/aromatic N) is 3. The van der Waals surface area contributed by atoms with Crippen molar-refractivity contribution < 1.29 is 14.3 Å². The van der Waals surface area contributed by atoms with Gasteiger partial charge in [-0.25, -0.2) is 14.3 Å². The Balaban J connectivity index is 1.37. The molecule has 0 unspecified atom stereocenters. The van der Waals surface area contributed by atoms with E-state index in [1.807, 2.05) is 63.2 Å². The standard InChI is InChI=1S/C30H29N5O3/c1-30(2,3)38-29(36)33-24-14-12-23(13-15-24)32-28-34-27(19-25-16-17-31-35(25)28)21-10-8-20(9-11-21)22-6-5-7-26(18-22)37-4/h5-19H,1-4H3,(H,32,34)(H,33,36). The van der Waals surface area contributed by atoms with Crippen LogP contribution in [0.3, 0.4) is 0 Å². The van der Waals surface area contributed by atoms with Gasteiger partial charge in [0.1, 0.15) is 11.4 Å². The molecule has 2 heterocycles. The van der Waals surface area contributed by atoms with Crippen molar-refractivity contribution in [2.75, 3.05) is 17.7 Å². The average Bonchev–Trinajstić information content (AvgIpc) is 3.38. The molecule has 1 amide bonds. The first-order valence-electron chi connectivity index (χ1n) is 12.2. The summed E-state index contributed by atoms with van der Waals surface area (Å²) in [6.45, 7) is 5.48. The first-order chi connectivity index (χ1) is 18.3. The molecule has 2 aromatic heterocycles. The van der Waals surface area contributed by atoms with Crippen LogP contribution in [0.25, 0.3) is 27.9 Å². The minimum absolute atomic E-state index is 0.497. The normalized spacial score (nSPS) is 11.3. The van der Waals surface area contributed by atoms with Gasteiger partial charge in [0.15, 0.2) is 0 Å². The monoisotopic (exact) mass is 507 g/mol. The quantitative estimate of drug-likeness (QED) is 0.253. The summed E-state index contributed by atoms with van der Waals surface area (Å²) in [7, 11) is 1.67. The summed E-state index contributed by atoms with van der Waals surface area (Å²) in [5.74, 6) is 1.40. The van der Waals surface area contributed by atoms with Crippen LogP contribution in [0.2, 0.25) is 0 Å². The predicted molar refractivity (Wildman–Crippen MR) is 150 cm³/mol. The summed E-state index contributed by atoms with van der Waals surface area (Å²) in [5, 5.41) is 10.5. The first-order valence-corrected chi connectivity index (χ1v) is 12.2. The summed E-state index contributed by atoms with van der Waals surface area (Å²) in [4.78, 5) is 16.9. The molecule has 38 heavy (non-hydrogen) atoms. The van der Waals surface area contributed by atoms with E-state index in [9.17, 15) is 4.79 Å². The summed E-state index contributed by atoms with van der Waals surface area (Å²) in [5.41, 5.74) is 5.77. The fourth-order valence-electron chi connectivity index (χ4n) is 3.99. The molecule has 8 heteroatoms. The lowest BCUT2D eigenvalue weighted by Crippen LogP contribution is -2.27. The van der Waals surface area contributed by atoms with Crippen molar-refractivity contribution in [2.24, 2.45) is 0 Å². The highest BCUT2D eigenvalue weighted by Crippen LogP contribution is 2.28. The van der Waals surface area contributed by atoms with Crippen molar-refractivity contribution in [1.82, 2.24) is 14.6 Å². The largest absolute Gasteiger partial charge is 0.497 e. The van der Waals surface area contributed by atoms with Gasteiger partial charge in [-0.1, -0.05) is 36.4 Å². The minimum atomic E-state index is -0.563. The Morgan fingerprint density at radius 1 is 0.842 bits per heavy atom.